The van der Waals surface area contributed by atoms with Crippen molar-refractivity contribution in [1.82, 2.24) is 9.88 Å². The van der Waals surface area contributed by atoms with Gasteiger partial charge < -0.3 is 20.7 Å². The van der Waals surface area contributed by atoms with E-state index in [-0.39, 0.29) is 11.9 Å². The van der Waals surface area contributed by atoms with Gasteiger partial charge in [0.2, 0.25) is 5.88 Å². The Kier molecular flexibility index (Phi) is 8.74. The molecule has 3 aromatic rings. The highest BCUT2D eigenvalue weighted by Crippen LogP contribution is 2.28. The van der Waals surface area contributed by atoms with Crippen LogP contribution in [0.15, 0.2) is 66.7 Å². The summed E-state index contributed by atoms with van der Waals surface area (Å²) in [5.41, 5.74) is 10.7. The van der Waals surface area contributed by atoms with Gasteiger partial charge in [-0.1, -0.05) is 60.2 Å². The number of anilines is 1. The Bertz CT molecular complexity index is 1060. The molecule has 6 nitrogen and oxygen atoms in total. The number of carbonyl (C=O) groups excluding carboxylic acids is 1. The molecule has 7 heteroatoms. The summed E-state index contributed by atoms with van der Waals surface area (Å²) in [7, 11) is 1.78. The second-order valence-corrected chi connectivity index (χ2v) is 8.55. The molecule has 0 saturated carbocycles. The summed E-state index contributed by atoms with van der Waals surface area (Å²) < 4.78 is 6.09. The number of carbonyl (C=O) groups is 1. The first-order valence-electron chi connectivity index (χ1n) is 11.0. The zero-order valence-corrected chi connectivity index (χ0v) is 20.3. The minimum absolute atomic E-state index is 0.116. The zero-order valence-electron chi connectivity index (χ0n) is 19.4. The number of nitrogens with zero attached hydrogens (tertiary/aromatic N) is 2. The maximum absolute atomic E-state index is 13.0. The Labute approximate surface area is 201 Å². The number of pyridine rings is 1. The lowest BCUT2D eigenvalue weighted by Gasteiger charge is -2.23. The maximum Gasteiger partial charge on any atom is 0.263 e. The third kappa shape index (κ3) is 6.97. The monoisotopic (exact) mass is 464 g/mol. The Morgan fingerprint density at radius 3 is 2.61 bits per heavy atom. The zero-order chi connectivity index (χ0) is 23.8. The van der Waals surface area contributed by atoms with Gasteiger partial charge in [-0.2, -0.15) is 12.6 Å². The number of amides is 1. The maximum atomic E-state index is 13.0. The molecule has 2 atom stereocenters. The third-order valence-corrected chi connectivity index (χ3v) is 5.70. The van der Waals surface area contributed by atoms with Crippen molar-refractivity contribution in [3.05, 3.63) is 77.9 Å². The number of hydrogen-bond donors (Lipinski definition) is 3. The van der Waals surface area contributed by atoms with Gasteiger partial charge >= 0.3 is 0 Å². The molecule has 0 aliphatic heterocycles. The van der Waals surface area contributed by atoms with Gasteiger partial charge in [0.05, 0.1) is 11.4 Å². The van der Waals surface area contributed by atoms with Crippen LogP contribution >= 0.6 is 12.6 Å². The van der Waals surface area contributed by atoms with Gasteiger partial charge in [0.1, 0.15) is 0 Å². The number of rotatable bonds is 10. The van der Waals surface area contributed by atoms with Crippen LogP contribution in [-0.4, -0.2) is 47.3 Å². The normalized spacial score (nSPS) is 12.6. The van der Waals surface area contributed by atoms with Gasteiger partial charge in [-0.05, 0) is 31.5 Å². The molecule has 0 radical (unpaired) electrons. The van der Waals surface area contributed by atoms with Gasteiger partial charge in [0.15, 0.2) is 6.10 Å². The van der Waals surface area contributed by atoms with Gasteiger partial charge in [-0.3, -0.25) is 4.79 Å². The van der Waals surface area contributed by atoms with E-state index in [1.807, 2.05) is 67.6 Å². The fourth-order valence-corrected chi connectivity index (χ4v) is 3.56. The summed E-state index contributed by atoms with van der Waals surface area (Å²) in [6.07, 6.45) is -0.711. The molecule has 2 aromatic carbocycles. The Hall–Kier alpha value is -3.03. The first-order chi connectivity index (χ1) is 15.9. The van der Waals surface area contributed by atoms with Crippen molar-refractivity contribution in [2.24, 2.45) is 5.73 Å². The average molecular weight is 465 g/mol. The molecule has 1 aromatic heterocycles. The minimum Gasteiger partial charge on any atom is -0.463 e. The standard InChI is InChI=1S/C26H32N4O2S/c1-18-8-7-9-20(14-18)16-30(3)26(31)19(2)32-25-24(28-15-22(27)17-33)13-12-23(29-25)21-10-5-4-6-11-21/h4-14,19,22,28,33H,15-17,27H2,1-3H3. The predicted molar refractivity (Wildman–Crippen MR) is 138 cm³/mol. The van der Waals surface area contributed by atoms with Crippen LogP contribution in [-0.2, 0) is 11.3 Å². The van der Waals surface area contributed by atoms with Crippen LogP contribution in [0.25, 0.3) is 11.3 Å². The van der Waals surface area contributed by atoms with Crippen molar-refractivity contribution in [1.29, 1.82) is 0 Å². The van der Waals surface area contributed by atoms with E-state index in [9.17, 15) is 4.79 Å². The van der Waals surface area contributed by atoms with E-state index in [2.05, 4.69) is 24.0 Å². The molecule has 0 aliphatic carbocycles. The molecule has 0 aliphatic rings. The number of thiol groups is 1. The number of aryl methyl sites for hydroxylation is 1. The topological polar surface area (TPSA) is 80.5 Å². The molecule has 0 bridgehead atoms. The van der Waals surface area contributed by atoms with Gasteiger partial charge in [0, 0.05) is 37.5 Å². The number of ether oxygens (including phenoxy) is 1. The van der Waals surface area contributed by atoms with Crippen molar-refractivity contribution in [2.45, 2.75) is 32.5 Å². The van der Waals surface area contributed by atoms with E-state index >= 15 is 0 Å². The molecule has 0 fully saturated rings. The Morgan fingerprint density at radius 1 is 1.15 bits per heavy atom. The summed E-state index contributed by atoms with van der Waals surface area (Å²) in [5.74, 6) is 0.797. The number of likely N-dealkylation sites (N-methyl/N-ethyl adjacent to an activating group) is 1. The van der Waals surface area contributed by atoms with Crippen LogP contribution in [0.4, 0.5) is 5.69 Å². The fourth-order valence-electron chi connectivity index (χ4n) is 3.43. The van der Waals surface area contributed by atoms with Gasteiger partial charge in [-0.15, -0.1) is 0 Å². The van der Waals surface area contributed by atoms with Crippen molar-refractivity contribution in [2.75, 3.05) is 24.7 Å². The molecule has 3 N–H and O–H groups in total. The van der Waals surface area contributed by atoms with E-state index in [1.54, 1.807) is 18.9 Å². The van der Waals surface area contributed by atoms with E-state index in [0.717, 1.165) is 22.4 Å². The van der Waals surface area contributed by atoms with Gasteiger partial charge in [-0.25, -0.2) is 4.98 Å². The quantitative estimate of drug-likeness (QED) is 0.393. The summed E-state index contributed by atoms with van der Waals surface area (Å²) in [5, 5.41) is 3.28. The highest BCUT2D eigenvalue weighted by molar-refractivity contribution is 7.80. The third-order valence-electron chi connectivity index (χ3n) is 5.23. The molecule has 33 heavy (non-hydrogen) atoms. The number of aromatic nitrogens is 1. The van der Waals surface area contributed by atoms with Crippen molar-refractivity contribution >= 4 is 24.2 Å². The van der Waals surface area contributed by atoms with Crippen LogP contribution < -0.4 is 15.8 Å². The largest absolute Gasteiger partial charge is 0.463 e. The highest BCUT2D eigenvalue weighted by atomic mass is 32.1. The number of benzene rings is 2. The lowest BCUT2D eigenvalue weighted by Crippen LogP contribution is -2.38. The van der Waals surface area contributed by atoms with Crippen LogP contribution in [0.5, 0.6) is 5.88 Å². The summed E-state index contributed by atoms with van der Waals surface area (Å²) >= 11 is 4.24. The average Bonchev–Trinajstić information content (AvgIpc) is 2.83. The molecule has 1 amide bonds. The van der Waals surface area contributed by atoms with E-state index in [1.165, 1.54) is 0 Å². The molecular formula is C26H32N4O2S. The van der Waals surface area contributed by atoms with Gasteiger partial charge in [0.25, 0.3) is 5.91 Å². The van der Waals surface area contributed by atoms with Crippen LogP contribution in [0.2, 0.25) is 0 Å². The SMILES string of the molecule is Cc1cccc(CN(C)C(=O)C(C)Oc2nc(-c3ccccc3)ccc2NCC(N)CS)c1. The van der Waals surface area contributed by atoms with Crippen molar-refractivity contribution in [3.63, 3.8) is 0 Å². The predicted octanol–water partition coefficient (Wildman–Crippen LogP) is 4.15. The molecule has 0 saturated heterocycles. The second kappa shape index (κ2) is 11.7. The van der Waals surface area contributed by atoms with Crippen molar-refractivity contribution < 1.29 is 9.53 Å². The van der Waals surface area contributed by atoms with Crippen LogP contribution in [0, 0.1) is 6.92 Å². The molecule has 0 spiro atoms. The lowest BCUT2D eigenvalue weighted by molar-refractivity contribution is -0.137. The van der Waals surface area contributed by atoms with E-state index < -0.39 is 6.10 Å². The lowest BCUT2D eigenvalue weighted by atomic mass is 10.1. The number of hydrogen-bond acceptors (Lipinski definition) is 6. The second-order valence-electron chi connectivity index (χ2n) is 8.18. The van der Waals surface area contributed by atoms with Crippen molar-refractivity contribution in [3.8, 4) is 17.1 Å². The summed E-state index contributed by atoms with van der Waals surface area (Å²) in [6, 6.07) is 21.7. The van der Waals surface area contributed by atoms with E-state index in [0.29, 0.717) is 30.4 Å². The molecule has 2 unspecified atom stereocenters. The molecule has 1 heterocycles. The molecular weight excluding hydrogens is 432 g/mol. The fraction of sp³-hybridized carbons (Fsp3) is 0.308. The van der Waals surface area contributed by atoms with Crippen LogP contribution in [0.3, 0.4) is 0 Å². The van der Waals surface area contributed by atoms with E-state index in [4.69, 9.17) is 15.5 Å². The summed E-state index contributed by atoms with van der Waals surface area (Å²) in [6.45, 7) is 4.81. The minimum atomic E-state index is -0.711. The number of nitrogens with two attached hydrogens (primary N) is 1. The van der Waals surface area contributed by atoms with Crippen LogP contribution in [0.1, 0.15) is 18.1 Å². The molecule has 174 valence electrons. The first-order valence-corrected chi connectivity index (χ1v) is 11.6. The molecule has 3 rings (SSSR count). The number of nitrogens with one attached hydrogen (secondary N) is 1. The summed E-state index contributed by atoms with van der Waals surface area (Å²) in [4.78, 5) is 19.4. The smallest absolute Gasteiger partial charge is 0.263 e. The highest BCUT2D eigenvalue weighted by Gasteiger charge is 2.22. The first kappa shape index (κ1) is 24.6. The Balaban J connectivity index is 1.78. The Morgan fingerprint density at radius 2 is 1.91 bits per heavy atom.